The maximum atomic E-state index is 6.06. The van der Waals surface area contributed by atoms with Crippen molar-refractivity contribution >= 4 is 22.6 Å². The highest BCUT2D eigenvalue weighted by molar-refractivity contribution is 6.34. The van der Waals surface area contributed by atoms with Gasteiger partial charge in [0.25, 0.3) is 0 Å². The third kappa shape index (κ3) is 1.63. The molecule has 0 fully saturated rings. The summed E-state index contributed by atoms with van der Waals surface area (Å²) in [4.78, 5) is 0. The zero-order valence-corrected chi connectivity index (χ0v) is 8.98. The summed E-state index contributed by atoms with van der Waals surface area (Å²) in [5.41, 5.74) is 1.93. The third-order valence-electron chi connectivity index (χ3n) is 2.12. The van der Waals surface area contributed by atoms with Crippen LogP contribution in [-0.2, 0) is 6.54 Å². The number of nitrogens with one attached hydrogen (secondary N) is 1. The van der Waals surface area contributed by atoms with E-state index in [1.54, 1.807) is 0 Å². The van der Waals surface area contributed by atoms with Crippen molar-refractivity contribution in [3.8, 4) is 0 Å². The molecule has 0 amide bonds. The van der Waals surface area contributed by atoms with Crippen LogP contribution in [0.25, 0.3) is 11.0 Å². The molecule has 0 bridgehead atoms. The van der Waals surface area contributed by atoms with Crippen molar-refractivity contribution in [2.24, 2.45) is 0 Å². The Morgan fingerprint density at radius 3 is 2.86 bits per heavy atom. The molecule has 0 unspecified atom stereocenters. The van der Waals surface area contributed by atoms with Crippen molar-refractivity contribution in [2.75, 3.05) is 7.05 Å². The molecular weight excluding hydrogens is 198 g/mol. The molecule has 2 aromatic rings. The Labute approximate surface area is 87.9 Å². The van der Waals surface area contributed by atoms with Crippen LogP contribution in [0.1, 0.15) is 11.3 Å². The monoisotopic (exact) mass is 209 g/mol. The predicted octanol–water partition coefficient (Wildman–Crippen LogP) is 3.11. The van der Waals surface area contributed by atoms with Crippen molar-refractivity contribution in [3.63, 3.8) is 0 Å². The second kappa shape index (κ2) is 3.64. The van der Waals surface area contributed by atoms with Gasteiger partial charge < -0.3 is 9.73 Å². The molecule has 0 radical (unpaired) electrons. The highest BCUT2D eigenvalue weighted by Gasteiger charge is 2.07. The van der Waals surface area contributed by atoms with E-state index >= 15 is 0 Å². The topological polar surface area (TPSA) is 25.2 Å². The Hall–Kier alpha value is -0.990. The zero-order chi connectivity index (χ0) is 10.1. The fraction of sp³-hybridized carbons (Fsp3) is 0.273. The van der Waals surface area contributed by atoms with E-state index in [2.05, 4.69) is 11.4 Å². The van der Waals surface area contributed by atoms with E-state index in [4.69, 9.17) is 16.0 Å². The van der Waals surface area contributed by atoms with Gasteiger partial charge >= 0.3 is 0 Å². The van der Waals surface area contributed by atoms with Crippen LogP contribution >= 0.6 is 11.6 Å². The molecular formula is C11H12ClNO. The molecule has 74 valence electrons. The summed E-state index contributed by atoms with van der Waals surface area (Å²) < 4.78 is 5.60. The number of furan rings is 1. The van der Waals surface area contributed by atoms with Crippen LogP contribution in [-0.4, -0.2) is 7.05 Å². The van der Waals surface area contributed by atoms with Gasteiger partial charge in [-0.15, -0.1) is 0 Å². The SMILES string of the molecule is CNCc1cc2cc(C)cc(Cl)c2o1. The Balaban J connectivity index is 2.58. The van der Waals surface area contributed by atoms with E-state index in [0.29, 0.717) is 5.02 Å². The van der Waals surface area contributed by atoms with Crippen LogP contribution in [0.4, 0.5) is 0 Å². The number of hydrogen-bond donors (Lipinski definition) is 1. The van der Waals surface area contributed by atoms with Crippen LogP contribution in [0.15, 0.2) is 22.6 Å². The van der Waals surface area contributed by atoms with Gasteiger partial charge in [0.1, 0.15) is 5.76 Å². The van der Waals surface area contributed by atoms with E-state index in [9.17, 15) is 0 Å². The fourth-order valence-corrected chi connectivity index (χ4v) is 1.89. The molecule has 1 aromatic carbocycles. The van der Waals surface area contributed by atoms with Gasteiger partial charge in [0, 0.05) is 5.39 Å². The quantitative estimate of drug-likeness (QED) is 0.822. The van der Waals surface area contributed by atoms with Crippen molar-refractivity contribution in [1.82, 2.24) is 5.32 Å². The lowest BCUT2D eigenvalue weighted by molar-refractivity contribution is 0.531. The number of rotatable bonds is 2. The summed E-state index contributed by atoms with van der Waals surface area (Å²) >= 11 is 6.06. The van der Waals surface area contributed by atoms with E-state index in [1.165, 1.54) is 0 Å². The van der Waals surface area contributed by atoms with Crippen molar-refractivity contribution in [2.45, 2.75) is 13.5 Å². The smallest absolute Gasteiger partial charge is 0.152 e. The molecule has 0 aliphatic heterocycles. The summed E-state index contributed by atoms with van der Waals surface area (Å²) in [7, 11) is 1.89. The summed E-state index contributed by atoms with van der Waals surface area (Å²) in [6.45, 7) is 2.75. The normalized spacial score (nSPS) is 11.1. The van der Waals surface area contributed by atoms with E-state index in [1.807, 2.05) is 26.1 Å². The molecule has 0 aliphatic rings. The van der Waals surface area contributed by atoms with Gasteiger partial charge in [0.15, 0.2) is 5.58 Å². The number of aryl methyl sites for hydroxylation is 1. The average Bonchev–Trinajstić information content (AvgIpc) is 2.48. The van der Waals surface area contributed by atoms with E-state index in [0.717, 1.165) is 28.8 Å². The molecule has 2 rings (SSSR count). The maximum Gasteiger partial charge on any atom is 0.152 e. The molecule has 14 heavy (non-hydrogen) atoms. The molecule has 1 heterocycles. The first-order chi connectivity index (χ1) is 6.70. The highest BCUT2D eigenvalue weighted by Crippen LogP contribution is 2.28. The number of benzene rings is 1. The molecule has 3 heteroatoms. The summed E-state index contributed by atoms with van der Waals surface area (Å²) in [5, 5.41) is 4.79. The molecule has 0 spiro atoms. The van der Waals surface area contributed by atoms with Gasteiger partial charge in [-0.3, -0.25) is 0 Å². The largest absolute Gasteiger partial charge is 0.458 e. The lowest BCUT2D eigenvalue weighted by atomic mass is 10.2. The molecule has 2 nitrogen and oxygen atoms in total. The molecule has 1 aromatic heterocycles. The Bertz CT molecular complexity index is 462. The molecule has 1 N–H and O–H groups in total. The first-order valence-corrected chi connectivity index (χ1v) is 4.91. The second-order valence-electron chi connectivity index (χ2n) is 3.41. The Kier molecular flexibility index (Phi) is 2.48. The molecule has 0 saturated carbocycles. The van der Waals surface area contributed by atoms with Crippen molar-refractivity contribution in [1.29, 1.82) is 0 Å². The predicted molar refractivity (Wildman–Crippen MR) is 58.7 cm³/mol. The van der Waals surface area contributed by atoms with Crippen LogP contribution in [0.2, 0.25) is 5.02 Å². The Morgan fingerprint density at radius 1 is 1.36 bits per heavy atom. The standard InChI is InChI=1S/C11H12ClNO/c1-7-3-8-5-9(6-13-2)14-11(8)10(12)4-7/h3-5,13H,6H2,1-2H3. The summed E-state index contributed by atoms with van der Waals surface area (Å²) in [6.07, 6.45) is 0. The van der Waals surface area contributed by atoms with Gasteiger partial charge in [-0.1, -0.05) is 11.6 Å². The number of halogens is 1. The van der Waals surface area contributed by atoms with Gasteiger partial charge in [-0.05, 0) is 37.7 Å². The van der Waals surface area contributed by atoms with Crippen LogP contribution in [0, 0.1) is 6.92 Å². The minimum Gasteiger partial charge on any atom is -0.458 e. The molecule has 0 aliphatic carbocycles. The maximum absolute atomic E-state index is 6.06. The first-order valence-electron chi connectivity index (χ1n) is 4.54. The van der Waals surface area contributed by atoms with Crippen molar-refractivity contribution < 1.29 is 4.42 Å². The lowest BCUT2D eigenvalue weighted by Gasteiger charge is -1.95. The molecule has 0 atom stereocenters. The zero-order valence-electron chi connectivity index (χ0n) is 8.23. The first kappa shape index (κ1) is 9.56. The van der Waals surface area contributed by atoms with Gasteiger partial charge in [-0.2, -0.15) is 0 Å². The summed E-state index contributed by atoms with van der Waals surface area (Å²) in [5.74, 6) is 0.912. The molecule has 0 saturated heterocycles. The van der Waals surface area contributed by atoms with Gasteiger partial charge in [-0.25, -0.2) is 0 Å². The van der Waals surface area contributed by atoms with Crippen LogP contribution in [0.3, 0.4) is 0 Å². The third-order valence-corrected chi connectivity index (χ3v) is 2.40. The second-order valence-corrected chi connectivity index (χ2v) is 3.82. The summed E-state index contributed by atoms with van der Waals surface area (Å²) in [6, 6.07) is 6.01. The minimum absolute atomic E-state index is 0.683. The van der Waals surface area contributed by atoms with E-state index < -0.39 is 0 Å². The van der Waals surface area contributed by atoms with Gasteiger partial charge in [0.2, 0.25) is 0 Å². The lowest BCUT2D eigenvalue weighted by Crippen LogP contribution is -2.03. The fourth-order valence-electron chi connectivity index (χ4n) is 1.57. The van der Waals surface area contributed by atoms with Gasteiger partial charge in [0.05, 0.1) is 11.6 Å². The average molecular weight is 210 g/mol. The Morgan fingerprint density at radius 2 is 2.14 bits per heavy atom. The van der Waals surface area contributed by atoms with E-state index in [-0.39, 0.29) is 0 Å². The number of hydrogen-bond acceptors (Lipinski definition) is 2. The van der Waals surface area contributed by atoms with Crippen LogP contribution in [0.5, 0.6) is 0 Å². The van der Waals surface area contributed by atoms with Crippen LogP contribution < -0.4 is 5.32 Å². The highest BCUT2D eigenvalue weighted by atomic mass is 35.5. The number of fused-ring (bicyclic) bond motifs is 1. The van der Waals surface area contributed by atoms with Crippen molar-refractivity contribution in [3.05, 3.63) is 34.5 Å². The minimum atomic E-state index is 0.683.